The third-order valence-electron chi connectivity index (χ3n) is 6.61. The van der Waals surface area contributed by atoms with Crippen LogP contribution in [-0.4, -0.2) is 44.3 Å². The summed E-state index contributed by atoms with van der Waals surface area (Å²) in [5.41, 5.74) is 1.68. The minimum absolute atomic E-state index is 0.0452. The maximum absolute atomic E-state index is 14.1. The Morgan fingerprint density at radius 2 is 1.56 bits per heavy atom. The predicted molar refractivity (Wildman–Crippen MR) is 169 cm³/mol. The van der Waals surface area contributed by atoms with Crippen molar-refractivity contribution in [1.29, 1.82) is 0 Å². The molecule has 0 spiro atoms. The highest BCUT2D eigenvalue weighted by atomic mass is 79.9. The molecule has 0 fully saturated rings. The van der Waals surface area contributed by atoms with Crippen molar-refractivity contribution < 1.29 is 18.0 Å². The zero-order valence-electron chi connectivity index (χ0n) is 23.2. The predicted octanol–water partition coefficient (Wildman–Crippen LogP) is 6.98. The van der Waals surface area contributed by atoms with Gasteiger partial charge in [0.25, 0.3) is 10.0 Å². The van der Waals surface area contributed by atoms with E-state index in [-0.39, 0.29) is 17.3 Å². The molecular formula is C30H34BrCl2N3O4S. The van der Waals surface area contributed by atoms with Crippen molar-refractivity contribution >= 4 is 66.7 Å². The molecule has 0 saturated heterocycles. The van der Waals surface area contributed by atoms with Crippen molar-refractivity contribution in [3.63, 3.8) is 0 Å². The second-order valence-electron chi connectivity index (χ2n) is 9.59. The van der Waals surface area contributed by atoms with Gasteiger partial charge in [-0.3, -0.25) is 13.9 Å². The van der Waals surface area contributed by atoms with Crippen LogP contribution in [-0.2, 0) is 26.2 Å². The molecule has 1 atom stereocenters. The van der Waals surface area contributed by atoms with Crippen molar-refractivity contribution in [2.75, 3.05) is 17.4 Å². The van der Waals surface area contributed by atoms with Crippen LogP contribution in [0.5, 0.6) is 0 Å². The van der Waals surface area contributed by atoms with E-state index in [0.29, 0.717) is 34.3 Å². The number of carbonyl (C=O) groups excluding carboxylic acids is 2. The Labute approximate surface area is 261 Å². The second-order valence-corrected chi connectivity index (χ2v) is 13.2. The van der Waals surface area contributed by atoms with Gasteiger partial charge in [0.05, 0.1) is 10.6 Å². The van der Waals surface area contributed by atoms with E-state index in [9.17, 15) is 18.0 Å². The van der Waals surface area contributed by atoms with Crippen molar-refractivity contribution in [3.8, 4) is 0 Å². The van der Waals surface area contributed by atoms with Gasteiger partial charge in [-0.2, -0.15) is 0 Å². The average molecular weight is 683 g/mol. The van der Waals surface area contributed by atoms with E-state index < -0.39 is 28.5 Å². The lowest BCUT2D eigenvalue weighted by Crippen LogP contribution is -2.52. The molecule has 11 heteroatoms. The number of carbonyl (C=O) groups is 2. The van der Waals surface area contributed by atoms with Crippen LogP contribution in [0.25, 0.3) is 0 Å². The van der Waals surface area contributed by atoms with Crippen LogP contribution in [0.3, 0.4) is 0 Å². The Hall–Kier alpha value is -2.59. The molecule has 0 radical (unpaired) electrons. The van der Waals surface area contributed by atoms with Gasteiger partial charge in [0.15, 0.2) is 0 Å². The number of hydrogen-bond acceptors (Lipinski definition) is 4. The normalized spacial score (nSPS) is 12.0. The molecule has 0 aliphatic rings. The molecule has 0 saturated carbocycles. The summed E-state index contributed by atoms with van der Waals surface area (Å²) in [6, 6.07) is 17.2. The van der Waals surface area contributed by atoms with Crippen molar-refractivity contribution in [2.24, 2.45) is 0 Å². The third-order valence-corrected chi connectivity index (χ3v) is 9.63. The first kappa shape index (κ1) is 32.9. The highest BCUT2D eigenvalue weighted by Crippen LogP contribution is 2.29. The molecule has 2 amide bonds. The standard InChI is InChI=1S/C30H34BrCl2N3O4S/c1-4-6-18-34-30(38)28(5-2)35(19-25-26(32)8-7-9-27(25)33)29(37)20-36(23-14-12-22(31)13-15-23)41(39,40)24-16-10-21(3)11-17-24/h7-17,28H,4-6,18-20H2,1-3H3,(H,34,38). The van der Waals surface area contributed by atoms with Gasteiger partial charge in [0, 0.05) is 33.2 Å². The SMILES string of the molecule is CCCCNC(=O)C(CC)N(Cc1c(Cl)cccc1Cl)C(=O)CN(c1ccc(Br)cc1)S(=O)(=O)c1ccc(C)cc1. The number of anilines is 1. The number of nitrogens with one attached hydrogen (secondary N) is 1. The van der Waals surface area contributed by atoms with Crippen molar-refractivity contribution in [3.05, 3.63) is 92.4 Å². The van der Waals surface area contributed by atoms with Gasteiger partial charge in [-0.15, -0.1) is 0 Å². The maximum Gasteiger partial charge on any atom is 0.264 e. The molecule has 3 rings (SSSR count). The summed E-state index contributed by atoms with van der Waals surface area (Å²) >= 11 is 16.3. The number of unbranched alkanes of at least 4 members (excludes halogenated alkanes) is 1. The number of benzene rings is 3. The van der Waals surface area contributed by atoms with Crippen LogP contribution in [0.1, 0.15) is 44.2 Å². The fourth-order valence-electron chi connectivity index (χ4n) is 4.25. The molecule has 0 heterocycles. The molecule has 3 aromatic rings. The summed E-state index contributed by atoms with van der Waals surface area (Å²) in [5, 5.41) is 3.58. The lowest BCUT2D eigenvalue weighted by atomic mass is 10.1. The number of rotatable bonds is 13. The van der Waals surface area contributed by atoms with Gasteiger partial charge in [-0.1, -0.05) is 83.2 Å². The first-order chi connectivity index (χ1) is 19.5. The summed E-state index contributed by atoms with van der Waals surface area (Å²) in [6.45, 7) is 5.53. The number of halogens is 3. The fourth-order valence-corrected chi connectivity index (χ4v) is 6.45. The molecule has 0 bridgehead atoms. The van der Waals surface area contributed by atoms with Crippen LogP contribution < -0.4 is 9.62 Å². The quantitative estimate of drug-likeness (QED) is 0.197. The summed E-state index contributed by atoms with van der Waals surface area (Å²) < 4.78 is 29.7. The Balaban J connectivity index is 2.07. The smallest absolute Gasteiger partial charge is 0.264 e. The van der Waals surface area contributed by atoms with E-state index in [0.717, 1.165) is 27.2 Å². The number of sulfonamides is 1. The molecule has 0 aliphatic heterocycles. The topological polar surface area (TPSA) is 86.8 Å². The van der Waals surface area contributed by atoms with Crippen LogP contribution in [0.2, 0.25) is 10.0 Å². The van der Waals surface area contributed by atoms with E-state index in [1.54, 1.807) is 61.5 Å². The largest absolute Gasteiger partial charge is 0.354 e. The Bertz CT molecular complexity index is 1430. The zero-order valence-corrected chi connectivity index (χ0v) is 27.2. The van der Waals surface area contributed by atoms with E-state index in [4.69, 9.17) is 23.2 Å². The summed E-state index contributed by atoms with van der Waals surface area (Å²) in [5.74, 6) is -0.897. The van der Waals surface area contributed by atoms with Gasteiger partial charge in [-0.25, -0.2) is 8.42 Å². The minimum Gasteiger partial charge on any atom is -0.354 e. The van der Waals surface area contributed by atoms with E-state index in [1.807, 2.05) is 13.8 Å². The summed E-state index contributed by atoms with van der Waals surface area (Å²) in [4.78, 5) is 28.8. The molecule has 7 nitrogen and oxygen atoms in total. The summed E-state index contributed by atoms with van der Waals surface area (Å²) in [6.07, 6.45) is 1.99. The first-order valence-corrected chi connectivity index (χ1v) is 16.3. The maximum atomic E-state index is 14.1. The Kier molecular flexibility index (Phi) is 12.1. The monoisotopic (exact) mass is 681 g/mol. The van der Waals surface area contributed by atoms with Crippen molar-refractivity contribution in [2.45, 2.75) is 57.5 Å². The van der Waals surface area contributed by atoms with Gasteiger partial charge >= 0.3 is 0 Å². The zero-order chi connectivity index (χ0) is 30.2. The van der Waals surface area contributed by atoms with Gasteiger partial charge < -0.3 is 10.2 Å². The molecule has 3 aromatic carbocycles. The number of aryl methyl sites for hydroxylation is 1. The van der Waals surface area contributed by atoms with Gasteiger partial charge in [-0.05, 0) is 68.3 Å². The molecule has 0 aromatic heterocycles. The molecule has 0 aliphatic carbocycles. The number of hydrogen-bond donors (Lipinski definition) is 1. The van der Waals surface area contributed by atoms with Gasteiger partial charge in [0.2, 0.25) is 11.8 Å². The Morgan fingerprint density at radius 1 is 0.951 bits per heavy atom. The third kappa shape index (κ3) is 8.47. The average Bonchev–Trinajstić information content (AvgIpc) is 2.94. The first-order valence-electron chi connectivity index (χ1n) is 13.3. The highest BCUT2D eigenvalue weighted by Gasteiger charge is 2.34. The van der Waals surface area contributed by atoms with Gasteiger partial charge in [0.1, 0.15) is 12.6 Å². The molecule has 1 N–H and O–H groups in total. The van der Waals surface area contributed by atoms with E-state index in [2.05, 4.69) is 21.2 Å². The molecule has 1 unspecified atom stereocenters. The lowest BCUT2D eigenvalue weighted by molar-refractivity contribution is -0.140. The second kappa shape index (κ2) is 15.0. The van der Waals surface area contributed by atoms with Crippen LogP contribution in [0.15, 0.2) is 76.1 Å². The van der Waals surface area contributed by atoms with Crippen LogP contribution >= 0.6 is 39.1 Å². The van der Waals surface area contributed by atoms with Crippen LogP contribution in [0, 0.1) is 6.92 Å². The molecule has 220 valence electrons. The van der Waals surface area contributed by atoms with E-state index >= 15 is 0 Å². The highest BCUT2D eigenvalue weighted by molar-refractivity contribution is 9.10. The number of nitrogens with zero attached hydrogens (tertiary/aromatic N) is 2. The minimum atomic E-state index is -4.15. The number of amides is 2. The lowest BCUT2D eigenvalue weighted by Gasteiger charge is -2.33. The Morgan fingerprint density at radius 3 is 2.12 bits per heavy atom. The van der Waals surface area contributed by atoms with Crippen molar-refractivity contribution in [1.82, 2.24) is 10.2 Å². The fraction of sp³-hybridized carbons (Fsp3) is 0.333. The summed E-state index contributed by atoms with van der Waals surface area (Å²) in [7, 11) is -4.15. The molecule has 41 heavy (non-hydrogen) atoms. The van der Waals surface area contributed by atoms with Crippen LogP contribution in [0.4, 0.5) is 5.69 Å². The van der Waals surface area contributed by atoms with E-state index in [1.165, 1.54) is 17.0 Å². The molecular weight excluding hydrogens is 649 g/mol.